The zero-order valence-corrected chi connectivity index (χ0v) is 9.13. The monoisotopic (exact) mass is 252 g/mol. The van der Waals surface area contributed by atoms with Crippen LogP contribution in [0.3, 0.4) is 0 Å². The fourth-order valence-corrected chi connectivity index (χ4v) is 1.73. The third kappa shape index (κ3) is 1.60. The van der Waals surface area contributed by atoms with Crippen molar-refractivity contribution in [3.63, 3.8) is 0 Å². The lowest BCUT2D eigenvalue weighted by Gasteiger charge is -2.05. The standard InChI is InChI=1S/C11H9BrO2/c1-7-4-5-14-10-6-8(12)2-3-9(10)11(7)13/h2-3,6H,1,4-5H2. The van der Waals surface area contributed by atoms with E-state index in [1.54, 1.807) is 6.07 Å². The number of hydrogen-bond acceptors (Lipinski definition) is 2. The van der Waals surface area contributed by atoms with Gasteiger partial charge in [0.05, 0.1) is 12.2 Å². The third-order valence-electron chi connectivity index (χ3n) is 2.17. The molecule has 2 rings (SSSR count). The van der Waals surface area contributed by atoms with Gasteiger partial charge in [-0.15, -0.1) is 0 Å². The molecule has 0 atom stereocenters. The van der Waals surface area contributed by atoms with Gasteiger partial charge in [-0.2, -0.15) is 0 Å². The second kappa shape index (κ2) is 3.58. The number of rotatable bonds is 0. The summed E-state index contributed by atoms with van der Waals surface area (Å²) in [6, 6.07) is 5.41. The van der Waals surface area contributed by atoms with E-state index in [9.17, 15) is 4.79 Å². The minimum Gasteiger partial charge on any atom is -0.492 e. The van der Waals surface area contributed by atoms with Crippen molar-refractivity contribution in [1.29, 1.82) is 0 Å². The number of halogens is 1. The van der Waals surface area contributed by atoms with E-state index in [4.69, 9.17) is 4.74 Å². The Morgan fingerprint density at radius 2 is 2.21 bits per heavy atom. The van der Waals surface area contributed by atoms with Gasteiger partial charge in [0.1, 0.15) is 5.75 Å². The summed E-state index contributed by atoms with van der Waals surface area (Å²) in [6.07, 6.45) is 0.602. The van der Waals surface area contributed by atoms with Gasteiger partial charge in [0, 0.05) is 10.9 Å². The predicted molar refractivity (Wildman–Crippen MR) is 57.7 cm³/mol. The van der Waals surface area contributed by atoms with E-state index in [-0.39, 0.29) is 5.78 Å². The van der Waals surface area contributed by atoms with Crippen molar-refractivity contribution >= 4 is 21.7 Å². The fourth-order valence-electron chi connectivity index (χ4n) is 1.39. The molecule has 3 heteroatoms. The third-order valence-corrected chi connectivity index (χ3v) is 2.66. The highest BCUT2D eigenvalue weighted by atomic mass is 79.9. The Labute approximate surface area is 90.7 Å². The quantitative estimate of drug-likeness (QED) is 0.664. The molecule has 1 aliphatic rings. The van der Waals surface area contributed by atoms with Crippen molar-refractivity contribution < 1.29 is 9.53 Å². The molecule has 0 aliphatic carbocycles. The summed E-state index contributed by atoms with van der Waals surface area (Å²) in [5.74, 6) is 0.632. The van der Waals surface area contributed by atoms with Crippen LogP contribution in [0.1, 0.15) is 16.8 Å². The Kier molecular flexibility index (Phi) is 2.42. The van der Waals surface area contributed by atoms with E-state index in [0.29, 0.717) is 29.9 Å². The molecule has 0 unspecified atom stereocenters. The molecule has 0 aromatic heterocycles. The summed E-state index contributed by atoms with van der Waals surface area (Å²) in [7, 11) is 0. The first-order chi connectivity index (χ1) is 6.68. The molecule has 0 saturated carbocycles. The van der Waals surface area contributed by atoms with E-state index >= 15 is 0 Å². The van der Waals surface area contributed by atoms with Crippen LogP contribution in [0.2, 0.25) is 0 Å². The molecule has 14 heavy (non-hydrogen) atoms. The van der Waals surface area contributed by atoms with E-state index < -0.39 is 0 Å². The molecule has 0 N–H and O–H groups in total. The SMILES string of the molecule is C=C1CCOc2cc(Br)ccc2C1=O. The van der Waals surface area contributed by atoms with E-state index in [0.717, 1.165) is 4.47 Å². The van der Waals surface area contributed by atoms with Crippen LogP contribution < -0.4 is 4.74 Å². The first-order valence-electron chi connectivity index (χ1n) is 4.33. The molecule has 2 nitrogen and oxygen atoms in total. The molecule has 0 bridgehead atoms. The lowest BCUT2D eigenvalue weighted by molar-refractivity contribution is 0.103. The van der Waals surface area contributed by atoms with Crippen molar-refractivity contribution in [2.45, 2.75) is 6.42 Å². The van der Waals surface area contributed by atoms with Gasteiger partial charge in [-0.25, -0.2) is 0 Å². The minimum absolute atomic E-state index is 0.00926. The molecule has 1 heterocycles. The Bertz CT molecular complexity index is 410. The zero-order valence-electron chi connectivity index (χ0n) is 7.55. The smallest absolute Gasteiger partial charge is 0.192 e. The second-order valence-electron chi connectivity index (χ2n) is 3.17. The maximum atomic E-state index is 11.8. The van der Waals surface area contributed by atoms with Crippen LogP contribution in [-0.4, -0.2) is 12.4 Å². The van der Waals surface area contributed by atoms with Gasteiger partial charge in [-0.3, -0.25) is 4.79 Å². The van der Waals surface area contributed by atoms with Gasteiger partial charge in [0.25, 0.3) is 0 Å². The Morgan fingerprint density at radius 3 is 3.00 bits per heavy atom. The normalized spacial score (nSPS) is 15.8. The maximum absolute atomic E-state index is 11.8. The number of fused-ring (bicyclic) bond motifs is 1. The van der Waals surface area contributed by atoms with Crippen LogP contribution in [-0.2, 0) is 0 Å². The topological polar surface area (TPSA) is 26.3 Å². The number of carbonyl (C=O) groups excluding carboxylic acids is 1. The van der Waals surface area contributed by atoms with Crippen molar-refractivity contribution in [2.24, 2.45) is 0 Å². The number of ketones is 1. The summed E-state index contributed by atoms with van der Waals surface area (Å²) < 4.78 is 6.37. The Morgan fingerprint density at radius 1 is 1.43 bits per heavy atom. The van der Waals surface area contributed by atoms with Gasteiger partial charge < -0.3 is 4.74 Å². The number of ether oxygens (including phenoxy) is 1. The van der Waals surface area contributed by atoms with Crippen LogP contribution >= 0.6 is 15.9 Å². The highest BCUT2D eigenvalue weighted by Crippen LogP contribution is 2.28. The molecule has 1 aromatic rings. The van der Waals surface area contributed by atoms with Gasteiger partial charge in [-0.05, 0) is 23.8 Å². The maximum Gasteiger partial charge on any atom is 0.192 e. The lowest BCUT2D eigenvalue weighted by Crippen LogP contribution is -2.00. The number of carbonyl (C=O) groups is 1. The Balaban J connectivity index is 2.53. The van der Waals surface area contributed by atoms with Crippen molar-refractivity contribution in [2.75, 3.05) is 6.61 Å². The molecule has 0 saturated heterocycles. The highest BCUT2D eigenvalue weighted by molar-refractivity contribution is 9.10. The lowest BCUT2D eigenvalue weighted by atomic mass is 10.0. The predicted octanol–water partition coefficient (Wildman–Crippen LogP) is 2.97. The number of Topliss-reactive ketones (excluding diaryl/α,β-unsaturated/α-hetero) is 1. The van der Waals surface area contributed by atoms with Crippen LogP contribution in [0.5, 0.6) is 5.75 Å². The molecule has 0 radical (unpaired) electrons. The summed E-state index contributed by atoms with van der Waals surface area (Å²) in [5, 5.41) is 0. The average molecular weight is 253 g/mol. The zero-order chi connectivity index (χ0) is 10.1. The first-order valence-corrected chi connectivity index (χ1v) is 5.12. The highest BCUT2D eigenvalue weighted by Gasteiger charge is 2.19. The van der Waals surface area contributed by atoms with Gasteiger partial charge in [0.2, 0.25) is 0 Å². The summed E-state index contributed by atoms with van der Waals surface area (Å²) in [6.45, 7) is 4.26. The van der Waals surface area contributed by atoms with Gasteiger partial charge >= 0.3 is 0 Å². The van der Waals surface area contributed by atoms with Crippen molar-refractivity contribution in [1.82, 2.24) is 0 Å². The molecular formula is C11H9BrO2. The average Bonchev–Trinajstić information content (AvgIpc) is 2.28. The van der Waals surface area contributed by atoms with Crippen LogP contribution in [0.4, 0.5) is 0 Å². The van der Waals surface area contributed by atoms with Crippen LogP contribution in [0.25, 0.3) is 0 Å². The molecule has 1 aromatic carbocycles. The largest absolute Gasteiger partial charge is 0.492 e. The fraction of sp³-hybridized carbons (Fsp3) is 0.182. The van der Waals surface area contributed by atoms with E-state index in [1.807, 2.05) is 12.1 Å². The van der Waals surface area contributed by atoms with Crippen molar-refractivity contribution in [3.8, 4) is 5.75 Å². The molecule has 0 spiro atoms. The van der Waals surface area contributed by atoms with Gasteiger partial charge in [-0.1, -0.05) is 22.5 Å². The van der Waals surface area contributed by atoms with Crippen LogP contribution in [0.15, 0.2) is 34.8 Å². The van der Waals surface area contributed by atoms with Gasteiger partial charge in [0.15, 0.2) is 5.78 Å². The first kappa shape index (κ1) is 9.46. The summed E-state index contributed by atoms with van der Waals surface area (Å²) in [4.78, 5) is 11.8. The van der Waals surface area contributed by atoms with E-state index in [2.05, 4.69) is 22.5 Å². The molecule has 1 aliphatic heterocycles. The molecule has 72 valence electrons. The molecule has 0 amide bonds. The molecular weight excluding hydrogens is 244 g/mol. The summed E-state index contributed by atoms with van der Waals surface area (Å²) in [5.41, 5.74) is 1.22. The number of hydrogen-bond donors (Lipinski definition) is 0. The summed E-state index contributed by atoms with van der Waals surface area (Å²) >= 11 is 3.34. The Hall–Kier alpha value is -1.09. The van der Waals surface area contributed by atoms with Crippen LogP contribution in [0, 0.1) is 0 Å². The molecule has 0 fully saturated rings. The van der Waals surface area contributed by atoms with Crippen molar-refractivity contribution in [3.05, 3.63) is 40.4 Å². The number of benzene rings is 1. The second-order valence-corrected chi connectivity index (χ2v) is 4.09. The van der Waals surface area contributed by atoms with E-state index in [1.165, 1.54) is 0 Å². The minimum atomic E-state index is -0.00926.